The highest BCUT2D eigenvalue weighted by Crippen LogP contribution is 2.29. The van der Waals surface area contributed by atoms with Gasteiger partial charge in [0, 0.05) is 13.6 Å². The largest absolute Gasteiger partial charge is 0.497 e. The van der Waals surface area contributed by atoms with Gasteiger partial charge in [0.1, 0.15) is 18.3 Å². The van der Waals surface area contributed by atoms with E-state index in [0.29, 0.717) is 11.4 Å². The lowest BCUT2D eigenvalue weighted by atomic mass is 10.1. The number of ether oxygens (including phenoxy) is 1. The number of hydrogen-bond donors (Lipinski definition) is 1. The molecular weight excluding hydrogens is 490 g/mol. The summed E-state index contributed by atoms with van der Waals surface area (Å²) in [6, 6.07) is 19.7. The molecule has 0 aliphatic carbocycles. The molecule has 0 heterocycles. The van der Waals surface area contributed by atoms with E-state index in [2.05, 4.69) is 5.32 Å². The van der Waals surface area contributed by atoms with Gasteiger partial charge in [-0.05, 0) is 67.8 Å². The standard InChI is InChI=1S/C28H33N3O5S/c1-20-10-9-13-26(21(20)2)31(37(34,35)25-11-7-6-8-12-25)19-27(32)30(22(3)28(33)29-4)18-23-14-16-24(36-5)17-15-23/h6-17,22H,18-19H2,1-5H3,(H,29,33). The minimum atomic E-state index is -4.09. The molecule has 0 aliphatic heterocycles. The minimum Gasteiger partial charge on any atom is -0.497 e. The van der Waals surface area contributed by atoms with Gasteiger partial charge in [-0.2, -0.15) is 0 Å². The molecule has 0 bridgehead atoms. The van der Waals surface area contributed by atoms with Crippen molar-refractivity contribution in [1.82, 2.24) is 10.2 Å². The van der Waals surface area contributed by atoms with Gasteiger partial charge in [-0.25, -0.2) is 8.42 Å². The fourth-order valence-electron chi connectivity index (χ4n) is 3.96. The number of methoxy groups -OCH3 is 1. The summed E-state index contributed by atoms with van der Waals surface area (Å²) in [4.78, 5) is 27.8. The van der Waals surface area contributed by atoms with E-state index in [1.54, 1.807) is 68.6 Å². The first-order valence-electron chi connectivity index (χ1n) is 11.9. The number of hydrogen-bond acceptors (Lipinski definition) is 5. The van der Waals surface area contributed by atoms with E-state index < -0.39 is 28.5 Å². The third-order valence-corrected chi connectivity index (χ3v) is 8.15. The molecule has 0 saturated heterocycles. The second kappa shape index (κ2) is 11.9. The van der Waals surface area contributed by atoms with E-state index in [1.807, 2.05) is 19.9 Å². The molecule has 0 saturated carbocycles. The zero-order chi connectivity index (χ0) is 27.2. The molecule has 37 heavy (non-hydrogen) atoms. The Morgan fingerprint density at radius 3 is 2.19 bits per heavy atom. The Labute approximate surface area is 218 Å². The highest BCUT2D eigenvalue weighted by molar-refractivity contribution is 7.92. The Hall–Kier alpha value is -3.85. The third-order valence-electron chi connectivity index (χ3n) is 6.38. The van der Waals surface area contributed by atoms with Crippen molar-refractivity contribution in [2.45, 2.75) is 38.3 Å². The molecular formula is C28H33N3O5S. The van der Waals surface area contributed by atoms with Gasteiger partial charge in [-0.1, -0.05) is 42.5 Å². The lowest BCUT2D eigenvalue weighted by molar-refractivity contribution is -0.139. The lowest BCUT2D eigenvalue weighted by Crippen LogP contribution is -2.50. The zero-order valence-corrected chi connectivity index (χ0v) is 22.6. The number of carbonyl (C=O) groups is 2. The van der Waals surface area contributed by atoms with Crippen LogP contribution in [0.1, 0.15) is 23.6 Å². The number of aryl methyl sites for hydroxylation is 1. The number of amides is 2. The van der Waals surface area contributed by atoms with Gasteiger partial charge in [0.15, 0.2) is 0 Å². The number of benzene rings is 3. The van der Waals surface area contributed by atoms with Crippen molar-refractivity contribution >= 4 is 27.5 Å². The fraction of sp³-hybridized carbons (Fsp3) is 0.286. The quantitative estimate of drug-likeness (QED) is 0.438. The normalized spacial score (nSPS) is 11.9. The van der Waals surface area contributed by atoms with E-state index in [4.69, 9.17) is 4.74 Å². The first-order chi connectivity index (χ1) is 17.6. The van der Waals surface area contributed by atoms with Crippen molar-refractivity contribution in [2.24, 2.45) is 0 Å². The van der Waals surface area contributed by atoms with E-state index >= 15 is 0 Å². The zero-order valence-electron chi connectivity index (χ0n) is 21.8. The van der Waals surface area contributed by atoms with Gasteiger partial charge in [0.25, 0.3) is 10.0 Å². The van der Waals surface area contributed by atoms with Gasteiger partial charge in [-0.3, -0.25) is 13.9 Å². The molecule has 3 aromatic carbocycles. The van der Waals surface area contributed by atoms with Crippen LogP contribution in [0, 0.1) is 13.8 Å². The Bertz CT molecular complexity index is 1340. The molecule has 1 atom stereocenters. The molecule has 2 amide bonds. The van der Waals surface area contributed by atoms with Crippen LogP contribution in [0.25, 0.3) is 0 Å². The molecule has 3 rings (SSSR count). The van der Waals surface area contributed by atoms with E-state index in [-0.39, 0.29) is 17.3 Å². The first kappa shape index (κ1) is 27.7. The molecule has 196 valence electrons. The number of anilines is 1. The number of nitrogens with zero attached hydrogens (tertiary/aromatic N) is 2. The van der Waals surface area contributed by atoms with Crippen LogP contribution in [-0.2, 0) is 26.2 Å². The monoisotopic (exact) mass is 523 g/mol. The van der Waals surface area contributed by atoms with Crippen molar-refractivity contribution < 1.29 is 22.7 Å². The van der Waals surface area contributed by atoms with Gasteiger partial charge in [0.2, 0.25) is 11.8 Å². The predicted molar refractivity (Wildman–Crippen MR) is 144 cm³/mol. The van der Waals surface area contributed by atoms with Crippen LogP contribution in [-0.4, -0.2) is 51.9 Å². The smallest absolute Gasteiger partial charge is 0.264 e. The summed E-state index contributed by atoms with van der Waals surface area (Å²) in [5.41, 5.74) is 2.83. The summed E-state index contributed by atoms with van der Waals surface area (Å²) in [5.74, 6) is -0.200. The summed E-state index contributed by atoms with van der Waals surface area (Å²) in [7, 11) is -1.03. The summed E-state index contributed by atoms with van der Waals surface area (Å²) >= 11 is 0. The van der Waals surface area contributed by atoms with E-state index in [1.165, 1.54) is 24.1 Å². The van der Waals surface area contributed by atoms with Crippen LogP contribution in [0.2, 0.25) is 0 Å². The van der Waals surface area contributed by atoms with Crippen molar-refractivity contribution in [2.75, 3.05) is 25.0 Å². The van der Waals surface area contributed by atoms with Gasteiger partial charge in [-0.15, -0.1) is 0 Å². The molecule has 0 aliphatic rings. The summed E-state index contributed by atoms with van der Waals surface area (Å²) in [6.07, 6.45) is 0. The SMILES string of the molecule is CNC(=O)C(C)N(Cc1ccc(OC)cc1)C(=O)CN(c1cccc(C)c1C)S(=O)(=O)c1ccccc1. The number of sulfonamides is 1. The Morgan fingerprint density at radius 1 is 0.946 bits per heavy atom. The molecule has 8 nitrogen and oxygen atoms in total. The number of carbonyl (C=O) groups excluding carboxylic acids is 2. The van der Waals surface area contributed by atoms with Gasteiger partial charge < -0.3 is 15.0 Å². The summed E-state index contributed by atoms with van der Waals surface area (Å²) < 4.78 is 33.9. The lowest BCUT2D eigenvalue weighted by Gasteiger charge is -2.32. The van der Waals surface area contributed by atoms with Crippen LogP contribution in [0.5, 0.6) is 5.75 Å². The fourth-order valence-corrected chi connectivity index (χ4v) is 5.45. The Kier molecular flexibility index (Phi) is 8.94. The van der Waals surface area contributed by atoms with Crippen molar-refractivity contribution in [3.05, 3.63) is 89.5 Å². The molecule has 0 radical (unpaired) electrons. The molecule has 9 heteroatoms. The number of likely N-dealkylation sites (N-methyl/N-ethyl adjacent to an activating group) is 1. The highest BCUT2D eigenvalue weighted by Gasteiger charge is 2.33. The molecule has 3 aromatic rings. The second-order valence-electron chi connectivity index (χ2n) is 8.70. The average molecular weight is 524 g/mol. The van der Waals surface area contributed by atoms with Crippen LogP contribution in [0.3, 0.4) is 0 Å². The topological polar surface area (TPSA) is 96.0 Å². The predicted octanol–water partition coefficient (Wildman–Crippen LogP) is 3.67. The van der Waals surface area contributed by atoms with Gasteiger partial charge in [0.05, 0.1) is 17.7 Å². The van der Waals surface area contributed by atoms with Crippen LogP contribution in [0.15, 0.2) is 77.7 Å². The molecule has 1 N–H and O–H groups in total. The summed E-state index contributed by atoms with van der Waals surface area (Å²) in [5, 5.41) is 2.58. The third kappa shape index (κ3) is 6.29. The van der Waals surface area contributed by atoms with Crippen LogP contribution < -0.4 is 14.4 Å². The average Bonchev–Trinajstić information content (AvgIpc) is 2.91. The van der Waals surface area contributed by atoms with Crippen molar-refractivity contribution in [1.29, 1.82) is 0 Å². The number of nitrogens with one attached hydrogen (secondary N) is 1. The molecule has 1 unspecified atom stereocenters. The molecule has 0 spiro atoms. The summed E-state index contributed by atoms with van der Waals surface area (Å²) in [6.45, 7) is 4.97. The van der Waals surface area contributed by atoms with E-state index in [9.17, 15) is 18.0 Å². The van der Waals surface area contributed by atoms with Crippen molar-refractivity contribution in [3.8, 4) is 5.75 Å². The Morgan fingerprint density at radius 2 is 1.59 bits per heavy atom. The number of rotatable bonds is 10. The maximum absolute atomic E-state index is 13.8. The molecule has 0 fully saturated rings. The van der Waals surface area contributed by atoms with Gasteiger partial charge >= 0.3 is 0 Å². The van der Waals surface area contributed by atoms with Crippen LogP contribution >= 0.6 is 0 Å². The highest BCUT2D eigenvalue weighted by atomic mass is 32.2. The Balaban J connectivity index is 2.05. The second-order valence-corrected chi connectivity index (χ2v) is 10.6. The maximum atomic E-state index is 13.8. The molecule has 0 aromatic heterocycles. The minimum absolute atomic E-state index is 0.0739. The first-order valence-corrected chi connectivity index (χ1v) is 13.3. The van der Waals surface area contributed by atoms with Crippen molar-refractivity contribution in [3.63, 3.8) is 0 Å². The van der Waals surface area contributed by atoms with Crippen LogP contribution in [0.4, 0.5) is 5.69 Å². The maximum Gasteiger partial charge on any atom is 0.264 e. The van der Waals surface area contributed by atoms with E-state index in [0.717, 1.165) is 21.0 Å².